The second kappa shape index (κ2) is 8.51. The average Bonchev–Trinajstić information content (AvgIpc) is 2.84. The van der Waals surface area contributed by atoms with Crippen LogP contribution in [0.3, 0.4) is 0 Å². The molecule has 0 spiro atoms. The Kier molecular flexibility index (Phi) is 6.39. The highest BCUT2D eigenvalue weighted by atomic mass is 16.5. The zero-order chi connectivity index (χ0) is 18.4. The third-order valence-electron chi connectivity index (χ3n) is 3.98. The van der Waals surface area contributed by atoms with E-state index >= 15 is 0 Å². The molecule has 1 heterocycles. The molecular formula is C20H27N3O2. The molecule has 5 nitrogen and oxygen atoms in total. The Morgan fingerprint density at radius 1 is 1.36 bits per heavy atom. The van der Waals surface area contributed by atoms with Gasteiger partial charge in [0.1, 0.15) is 5.75 Å². The first-order valence-electron chi connectivity index (χ1n) is 8.49. The van der Waals surface area contributed by atoms with E-state index in [1.807, 2.05) is 62.7 Å². The van der Waals surface area contributed by atoms with Crippen molar-refractivity contribution in [3.63, 3.8) is 0 Å². The van der Waals surface area contributed by atoms with Crippen molar-refractivity contribution in [3.05, 3.63) is 58.9 Å². The summed E-state index contributed by atoms with van der Waals surface area (Å²) < 4.78 is 7.28. The summed E-state index contributed by atoms with van der Waals surface area (Å²) >= 11 is 0. The Bertz CT molecular complexity index is 762. The fourth-order valence-corrected chi connectivity index (χ4v) is 2.87. The summed E-state index contributed by atoms with van der Waals surface area (Å²) in [5.41, 5.74) is 4.15. The van der Waals surface area contributed by atoms with E-state index in [4.69, 9.17) is 4.74 Å². The number of para-hydroxylation sites is 1. The number of rotatable bonds is 7. The number of benzene rings is 1. The molecule has 2 rings (SSSR count). The molecule has 0 radical (unpaired) electrons. The van der Waals surface area contributed by atoms with Crippen LogP contribution in [0.2, 0.25) is 0 Å². The molecule has 0 saturated carbocycles. The first kappa shape index (κ1) is 18.8. The van der Waals surface area contributed by atoms with Crippen LogP contribution in [0.25, 0.3) is 0 Å². The van der Waals surface area contributed by atoms with Gasteiger partial charge in [-0.25, -0.2) is 0 Å². The maximum absolute atomic E-state index is 12.2. The van der Waals surface area contributed by atoms with Crippen molar-refractivity contribution in [2.24, 2.45) is 0 Å². The first-order chi connectivity index (χ1) is 11.9. The van der Waals surface area contributed by atoms with Gasteiger partial charge in [-0.3, -0.25) is 9.48 Å². The fourth-order valence-electron chi connectivity index (χ4n) is 2.87. The number of ether oxygens (including phenoxy) is 1. The van der Waals surface area contributed by atoms with Gasteiger partial charge in [0, 0.05) is 17.8 Å². The van der Waals surface area contributed by atoms with Crippen LogP contribution < -0.4 is 10.1 Å². The van der Waals surface area contributed by atoms with Gasteiger partial charge in [0.15, 0.2) is 0 Å². The van der Waals surface area contributed by atoms with Gasteiger partial charge in [-0.05, 0) is 51.8 Å². The van der Waals surface area contributed by atoms with Crippen LogP contribution in [0.15, 0.2) is 42.0 Å². The number of hydrogen-bond donors (Lipinski definition) is 1. The average molecular weight is 341 g/mol. The third-order valence-corrected chi connectivity index (χ3v) is 3.98. The molecule has 5 heteroatoms. The quantitative estimate of drug-likeness (QED) is 0.787. The van der Waals surface area contributed by atoms with Gasteiger partial charge in [-0.15, -0.1) is 0 Å². The molecule has 1 atom stereocenters. The van der Waals surface area contributed by atoms with Crippen molar-refractivity contribution in [2.45, 2.75) is 46.7 Å². The smallest absolute Gasteiger partial charge is 0.244 e. The lowest BCUT2D eigenvalue weighted by atomic mass is 10.0. The van der Waals surface area contributed by atoms with E-state index < -0.39 is 0 Å². The number of amides is 1. The minimum Gasteiger partial charge on any atom is -0.496 e. The molecule has 25 heavy (non-hydrogen) atoms. The monoisotopic (exact) mass is 341 g/mol. The summed E-state index contributed by atoms with van der Waals surface area (Å²) in [4.78, 5) is 12.2. The van der Waals surface area contributed by atoms with Gasteiger partial charge < -0.3 is 10.1 Å². The Labute approximate surface area is 149 Å². The van der Waals surface area contributed by atoms with E-state index in [0.29, 0.717) is 13.0 Å². The van der Waals surface area contributed by atoms with Gasteiger partial charge in [0.05, 0.1) is 19.3 Å². The van der Waals surface area contributed by atoms with Gasteiger partial charge in [-0.1, -0.05) is 23.8 Å². The molecule has 134 valence electrons. The summed E-state index contributed by atoms with van der Waals surface area (Å²) in [6, 6.07) is 9.89. The van der Waals surface area contributed by atoms with Crippen molar-refractivity contribution in [3.8, 4) is 5.75 Å². The number of carbonyl (C=O) groups is 1. The SMILES string of the molecule is COc1ccccc1C/C(C)=C\C(=O)N[C@@H](C)Cn1nc(C)cc1C. The van der Waals surface area contributed by atoms with Gasteiger partial charge >= 0.3 is 0 Å². The number of hydrogen-bond acceptors (Lipinski definition) is 3. The number of carbonyl (C=O) groups excluding carboxylic acids is 1. The maximum Gasteiger partial charge on any atom is 0.244 e. The van der Waals surface area contributed by atoms with Crippen molar-refractivity contribution >= 4 is 5.91 Å². The molecule has 1 aromatic carbocycles. The summed E-state index contributed by atoms with van der Waals surface area (Å²) in [6.45, 7) is 8.59. The zero-order valence-electron chi connectivity index (χ0n) is 15.7. The van der Waals surface area contributed by atoms with Crippen LogP contribution in [0.5, 0.6) is 5.75 Å². The van der Waals surface area contributed by atoms with Crippen LogP contribution in [-0.2, 0) is 17.8 Å². The van der Waals surface area contributed by atoms with Crippen molar-refractivity contribution in [2.75, 3.05) is 7.11 Å². The highest BCUT2D eigenvalue weighted by molar-refractivity contribution is 5.88. The Morgan fingerprint density at radius 2 is 2.08 bits per heavy atom. The maximum atomic E-state index is 12.2. The molecule has 0 aliphatic rings. The van der Waals surface area contributed by atoms with Crippen LogP contribution in [0.1, 0.15) is 30.8 Å². The molecular weight excluding hydrogens is 314 g/mol. The van der Waals surface area contributed by atoms with E-state index in [0.717, 1.165) is 28.3 Å². The number of aromatic nitrogens is 2. The highest BCUT2D eigenvalue weighted by Crippen LogP contribution is 2.20. The standard InChI is InChI=1S/C20H27N3O2/c1-14(10-18-8-6-7-9-19(18)25-5)11-20(24)21-16(3)13-23-17(4)12-15(2)22-23/h6-9,11-12,16H,10,13H2,1-5H3,(H,21,24)/b14-11-/t16-/m0/s1. The summed E-state index contributed by atoms with van der Waals surface area (Å²) in [7, 11) is 1.66. The Balaban J connectivity index is 1.93. The van der Waals surface area contributed by atoms with Crippen LogP contribution >= 0.6 is 0 Å². The van der Waals surface area contributed by atoms with Gasteiger partial charge in [-0.2, -0.15) is 5.10 Å². The predicted octanol–water partition coefficient (Wildman–Crippen LogP) is 3.20. The molecule has 1 aromatic heterocycles. The van der Waals surface area contributed by atoms with E-state index in [1.165, 1.54) is 0 Å². The second-order valence-corrected chi connectivity index (χ2v) is 6.50. The molecule has 0 aliphatic heterocycles. The Morgan fingerprint density at radius 3 is 2.72 bits per heavy atom. The number of aryl methyl sites for hydroxylation is 2. The number of nitrogens with zero attached hydrogens (tertiary/aromatic N) is 2. The van der Waals surface area contributed by atoms with E-state index in [1.54, 1.807) is 13.2 Å². The molecule has 0 unspecified atom stereocenters. The summed E-state index contributed by atoms with van der Waals surface area (Å²) in [5.74, 6) is 0.759. The van der Waals surface area contributed by atoms with E-state index in [9.17, 15) is 4.79 Å². The number of methoxy groups -OCH3 is 1. The largest absolute Gasteiger partial charge is 0.496 e. The van der Waals surface area contributed by atoms with E-state index in [2.05, 4.69) is 10.4 Å². The molecule has 2 aromatic rings. The van der Waals surface area contributed by atoms with Gasteiger partial charge in [0.2, 0.25) is 5.91 Å². The molecule has 0 saturated heterocycles. The fraction of sp³-hybridized carbons (Fsp3) is 0.400. The minimum absolute atomic E-state index is 0.000751. The minimum atomic E-state index is -0.0820. The van der Waals surface area contributed by atoms with Crippen molar-refractivity contribution in [1.29, 1.82) is 0 Å². The highest BCUT2D eigenvalue weighted by Gasteiger charge is 2.10. The molecule has 0 fully saturated rings. The summed E-state index contributed by atoms with van der Waals surface area (Å²) in [6.07, 6.45) is 2.34. The second-order valence-electron chi connectivity index (χ2n) is 6.50. The lowest BCUT2D eigenvalue weighted by molar-refractivity contribution is -0.117. The zero-order valence-corrected chi connectivity index (χ0v) is 15.7. The topological polar surface area (TPSA) is 56.1 Å². The number of nitrogens with one attached hydrogen (secondary N) is 1. The molecule has 0 aliphatic carbocycles. The third kappa shape index (κ3) is 5.48. The molecule has 1 amide bonds. The van der Waals surface area contributed by atoms with Crippen molar-refractivity contribution in [1.82, 2.24) is 15.1 Å². The van der Waals surface area contributed by atoms with Crippen LogP contribution in [0, 0.1) is 13.8 Å². The lowest BCUT2D eigenvalue weighted by Crippen LogP contribution is -2.35. The van der Waals surface area contributed by atoms with E-state index in [-0.39, 0.29) is 11.9 Å². The Hall–Kier alpha value is -2.56. The normalized spacial score (nSPS) is 12.8. The molecule has 0 bridgehead atoms. The molecule has 1 N–H and O–H groups in total. The van der Waals surface area contributed by atoms with Gasteiger partial charge in [0.25, 0.3) is 0 Å². The van der Waals surface area contributed by atoms with Crippen LogP contribution in [-0.4, -0.2) is 28.8 Å². The first-order valence-corrected chi connectivity index (χ1v) is 8.49. The summed E-state index contributed by atoms with van der Waals surface area (Å²) in [5, 5.41) is 7.43. The van der Waals surface area contributed by atoms with Crippen molar-refractivity contribution < 1.29 is 9.53 Å². The lowest BCUT2D eigenvalue weighted by Gasteiger charge is -2.14. The predicted molar refractivity (Wildman–Crippen MR) is 99.8 cm³/mol. The van der Waals surface area contributed by atoms with Crippen LogP contribution in [0.4, 0.5) is 0 Å². The number of allylic oxidation sites excluding steroid dienone is 1.